The molecule has 2 aromatic heterocycles. The number of aromatic nitrogens is 2. The normalized spacial score (nSPS) is 12.7. The van der Waals surface area contributed by atoms with Gasteiger partial charge in [0.1, 0.15) is 11.5 Å². The molecule has 0 saturated heterocycles. The molecule has 0 saturated carbocycles. The zero-order chi connectivity index (χ0) is 30.9. The fourth-order valence-electron chi connectivity index (χ4n) is 5.44. The zero-order valence-electron chi connectivity index (χ0n) is 24.4. The molecule has 9 heteroatoms. The minimum absolute atomic E-state index is 0.0903. The molecule has 2 unspecified atom stereocenters. The van der Waals surface area contributed by atoms with Gasteiger partial charge in [-0.3, -0.25) is 14.6 Å². The number of nitrogens with zero attached hydrogens (tertiary/aromatic N) is 2. The van der Waals surface area contributed by atoms with Crippen molar-refractivity contribution >= 4 is 11.9 Å². The Balaban J connectivity index is 1.81. The first-order valence-electron chi connectivity index (χ1n) is 14.5. The highest BCUT2D eigenvalue weighted by atomic mass is 19.1. The SMILES string of the molecule is CC(C)n1c(CCC(O)CC(O)CC(=O)O)c(-c2ccc(F)cc2)c(-c2ccccc2)c1C(=O)NCCc1ccccn1. The molecule has 4 aromatic rings. The van der Waals surface area contributed by atoms with Crippen LogP contribution in [0.3, 0.4) is 0 Å². The van der Waals surface area contributed by atoms with Crippen LogP contribution in [0.15, 0.2) is 79.0 Å². The summed E-state index contributed by atoms with van der Waals surface area (Å²) in [6, 6.07) is 21.2. The van der Waals surface area contributed by atoms with Gasteiger partial charge in [0.05, 0.1) is 18.6 Å². The molecule has 4 N–H and O–H groups in total. The van der Waals surface area contributed by atoms with Crippen LogP contribution in [-0.2, 0) is 17.6 Å². The van der Waals surface area contributed by atoms with Crippen molar-refractivity contribution in [3.8, 4) is 22.3 Å². The maximum Gasteiger partial charge on any atom is 0.305 e. The predicted octanol–water partition coefficient (Wildman–Crippen LogP) is 5.43. The van der Waals surface area contributed by atoms with E-state index in [2.05, 4.69) is 10.3 Å². The molecule has 4 rings (SSSR count). The minimum atomic E-state index is -1.18. The molecule has 2 heterocycles. The number of hydrogen-bond acceptors (Lipinski definition) is 5. The molecule has 2 aromatic carbocycles. The highest BCUT2D eigenvalue weighted by Gasteiger charge is 2.30. The third-order valence-electron chi connectivity index (χ3n) is 7.30. The number of amides is 1. The topological polar surface area (TPSA) is 125 Å². The summed E-state index contributed by atoms with van der Waals surface area (Å²) in [5, 5.41) is 32.9. The number of nitrogens with one attached hydrogen (secondary N) is 1. The highest BCUT2D eigenvalue weighted by molar-refractivity contribution is 6.05. The molecule has 0 radical (unpaired) electrons. The Hall–Kier alpha value is -4.34. The number of carboxylic acids is 1. The van der Waals surface area contributed by atoms with E-state index in [1.54, 1.807) is 18.3 Å². The van der Waals surface area contributed by atoms with E-state index in [1.165, 1.54) is 12.1 Å². The molecule has 2 atom stereocenters. The number of aliphatic carboxylic acids is 1. The number of pyridine rings is 1. The number of halogens is 1. The summed E-state index contributed by atoms with van der Waals surface area (Å²) in [4.78, 5) is 29.4. The quantitative estimate of drug-likeness (QED) is 0.156. The molecule has 0 fully saturated rings. The van der Waals surface area contributed by atoms with E-state index >= 15 is 0 Å². The second-order valence-corrected chi connectivity index (χ2v) is 10.9. The van der Waals surface area contributed by atoms with Crippen LogP contribution in [0.2, 0.25) is 0 Å². The first-order chi connectivity index (χ1) is 20.7. The van der Waals surface area contributed by atoms with Crippen LogP contribution in [0, 0.1) is 5.82 Å². The third kappa shape index (κ3) is 8.15. The van der Waals surface area contributed by atoms with E-state index in [9.17, 15) is 24.2 Å². The zero-order valence-corrected chi connectivity index (χ0v) is 24.4. The van der Waals surface area contributed by atoms with E-state index < -0.39 is 24.6 Å². The Kier molecular flexibility index (Phi) is 10.8. The summed E-state index contributed by atoms with van der Waals surface area (Å²) >= 11 is 0. The largest absolute Gasteiger partial charge is 0.481 e. The van der Waals surface area contributed by atoms with Crippen molar-refractivity contribution < 1.29 is 29.3 Å². The summed E-state index contributed by atoms with van der Waals surface area (Å²) in [6.07, 6.45) is 0.115. The number of carbonyl (C=O) groups excluding carboxylic acids is 1. The summed E-state index contributed by atoms with van der Waals surface area (Å²) < 4.78 is 16.0. The van der Waals surface area contributed by atoms with E-state index in [1.807, 2.05) is 66.9 Å². The van der Waals surface area contributed by atoms with Gasteiger partial charge in [0.25, 0.3) is 5.91 Å². The molecular weight excluding hydrogens is 549 g/mol. The Bertz CT molecular complexity index is 1500. The van der Waals surface area contributed by atoms with Crippen molar-refractivity contribution in [3.05, 3.63) is 102 Å². The van der Waals surface area contributed by atoms with E-state index in [0.29, 0.717) is 30.6 Å². The lowest BCUT2D eigenvalue weighted by Gasteiger charge is -2.20. The van der Waals surface area contributed by atoms with Gasteiger partial charge in [0.15, 0.2) is 0 Å². The van der Waals surface area contributed by atoms with Crippen molar-refractivity contribution in [2.45, 2.75) is 64.2 Å². The van der Waals surface area contributed by atoms with Gasteiger partial charge in [0, 0.05) is 47.7 Å². The number of carbonyl (C=O) groups is 2. The smallest absolute Gasteiger partial charge is 0.305 e. The number of rotatable bonds is 14. The lowest BCUT2D eigenvalue weighted by Crippen LogP contribution is -2.29. The van der Waals surface area contributed by atoms with Crippen LogP contribution < -0.4 is 5.32 Å². The number of carboxylic acid groups (broad SMARTS) is 1. The van der Waals surface area contributed by atoms with Crippen molar-refractivity contribution in [2.75, 3.05) is 6.54 Å². The van der Waals surface area contributed by atoms with Crippen molar-refractivity contribution in [2.24, 2.45) is 0 Å². The summed E-state index contributed by atoms with van der Waals surface area (Å²) in [5.74, 6) is -1.79. The van der Waals surface area contributed by atoms with Crippen LogP contribution in [0.25, 0.3) is 22.3 Å². The minimum Gasteiger partial charge on any atom is -0.481 e. The summed E-state index contributed by atoms with van der Waals surface area (Å²) in [7, 11) is 0. The van der Waals surface area contributed by atoms with E-state index in [4.69, 9.17) is 5.11 Å². The predicted molar refractivity (Wildman–Crippen MR) is 163 cm³/mol. The van der Waals surface area contributed by atoms with Gasteiger partial charge in [-0.15, -0.1) is 0 Å². The maximum absolute atomic E-state index is 14.0. The Morgan fingerprint density at radius 2 is 1.56 bits per heavy atom. The van der Waals surface area contributed by atoms with Gasteiger partial charge in [-0.2, -0.15) is 0 Å². The maximum atomic E-state index is 14.0. The second kappa shape index (κ2) is 14.7. The van der Waals surface area contributed by atoms with Crippen LogP contribution in [-0.4, -0.2) is 55.5 Å². The summed E-state index contributed by atoms with van der Waals surface area (Å²) in [6.45, 7) is 4.32. The van der Waals surface area contributed by atoms with Crippen molar-refractivity contribution in [1.82, 2.24) is 14.9 Å². The standard InChI is InChI=1S/C34H38FN3O5/c1-22(2)38-29(16-15-27(39)20-28(40)21-30(41)42)31(24-11-13-25(35)14-12-24)32(23-8-4-3-5-9-23)33(38)34(43)37-19-17-26-10-6-7-18-36-26/h3-14,18,22,27-28,39-40H,15-17,19-21H2,1-2H3,(H,37,43)(H,41,42). The molecule has 1 amide bonds. The lowest BCUT2D eigenvalue weighted by molar-refractivity contribution is -0.139. The number of aliphatic hydroxyl groups excluding tert-OH is 2. The van der Waals surface area contributed by atoms with Crippen molar-refractivity contribution in [3.63, 3.8) is 0 Å². The fraction of sp³-hybridized carbons (Fsp3) is 0.324. The second-order valence-electron chi connectivity index (χ2n) is 10.9. The van der Waals surface area contributed by atoms with Crippen LogP contribution in [0.1, 0.15) is 61.0 Å². The number of aliphatic hydroxyl groups is 2. The Morgan fingerprint density at radius 3 is 2.19 bits per heavy atom. The third-order valence-corrected chi connectivity index (χ3v) is 7.30. The Labute approximate surface area is 250 Å². The number of benzene rings is 2. The van der Waals surface area contributed by atoms with Crippen molar-refractivity contribution in [1.29, 1.82) is 0 Å². The van der Waals surface area contributed by atoms with Crippen LogP contribution in [0.4, 0.5) is 4.39 Å². The Morgan fingerprint density at radius 1 is 0.884 bits per heavy atom. The first-order valence-corrected chi connectivity index (χ1v) is 14.5. The van der Waals surface area contributed by atoms with Gasteiger partial charge in [-0.1, -0.05) is 48.5 Å². The lowest BCUT2D eigenvalue weighted by atomic mass is 9.92. The summed E-state index contributed by atoms with van der Waals surface area (Å²) in [5.41, 5.74) is 5.09. The molecule has 0 aliphatic rings. The van der Waals surface area contributed by atoms with Gasteiger partial charge in [0.2, 0.25) is 0 Å². The molecule has 8 nitrogen and oxygen atoms in total. The van der Waals surface area contributed by atoms with E-state index in [0.717, 1.165) is 28.1 Å². The average Bonchev–Trinajstić information content (AvgIpc) is 3.32. The molecule has 0 aliphatic carbocycles. The molecule has 0 aliphatic heterocycles. The average molecular weight is 588 g/mol. The molecular formula is C34H38FN3O5. The van der Waals surface area contributed by atoms with E-state index in [-0.39, 0.29) is 30.6 Å². The van der Waals surface area contributed by atoms with Gasteiger partial charge in [-0.05, 0) is 68.5 Å². The molecule has 0 spiro atoms. The van der Waals surface area contributed by atoms with Gasteiger partial charge < -0.3 is 25.2 Å². The van der Waals surface area contributed by atoms with Gasteiger partial charge >= 0.3 is 5.97 Å². The molecule has 43 heavy (non-hydrogen) atoms. The monoisotopic (exact) mass is 587 g/mol. The first kappa shape index (κ1) is 31.6. The number of hydrogen-bond donors (Lipinski definition) is 4. The van der Waals surface area contributed by atoms with Gasteiger partial charge in [-0.25, -0.2) is 4.39 Å². The molecule has 0 bridgehead atoms. The fourth-order valence-corrected chi connectivity index (χ4v) is 5.44. The van der Waals surface area contributed by atoms with Crippen LogP contribution in [0.5, 0.6) is 0 Å². The molecule has 226 valence electrons. The highest BCUT2D eigenvalue weighted by Crippen LogP contribution is 2.42. The van der Waals surface area contributed by atoms with Crippen LogP contribution >= 0.6 is 0 Å².